The number of hydrogen-bond donors (Lipinski definition) is 1. The second-order valence-corrected chi connectivity index (χ2v) is 5.78. The van der Waals surface area contributed by atoms with Crippen LogP contribution in [0.25, 0.3) is 0 Å². The van der Waals surface area contributed by atoms with Gasteiger partial charge in [0, 0.05) is 12.2 Å². The smallest absolute Gasteiger partial charge is 0.325 e. The molecule has 0 aliphatic rings. The minimum Gasteiger partial charge on any atom is -0.325 e. The summed E-state index contributed by atoms with van der Waals surface area (Å²) in [5.41, 5.74) is 0.366. The Morgan fingerprint density at radius 3 is 2.16 bits per heavy atom. The largest absolute Gasteiger partial charge is 0.416 e. The van der Waals surface area contributed by atoms with Gasteiger partial charge in [0.2, 0.25) is 5.91 Å². The first kappa shape index (κ1) is 18.9. The van der Waals surface area contributed by atoms with Crippen molar-refractivity contribution in [2.45, 2.75) is 25.7 Å². The molecule has 1 N–H and O–H groups in total. The predicted octanol–water partition coefficient (Wildman–Crippen LogP) is 4.30. The van der Waals surface area contributed by atoms with Crippen LogP contribution in [0.5, 0.6) is 0 Å². The molecule has 0 aromatic heterocycles. The monoisotopic (exact) mass is 354 g/mol. The quantitative estimate of drug-likeness (QED) is 0.812. The Kier molecular flexibility index (Phi) is 5.79. The van der Waals surface area contributed by atoms with E-state index in [0.717, 1.165) is 17.7 Å². The van der Waals surface area contributed by atoms with Crippen LogP contribution in [0, 0.1) is 5.82 Å². The third kappa shape index (κ3) is 5.29. The molecular formula is C18H18F4N2O. The lowest BCUT2D eigenvalue weighted by atomic mass is 10.1. The number of rotatable bonds is 5. The second kappa shape index (κ2) is 7.65. The van der Waals surface area contributed by atoms with Crippen molar-refractivity contribution in [1.29, 1.82) is 0 Å². The average molecular weight is 354 g/mol. The molecule has 0 radical (unpaired) electrons. The maximum Gasteiger partial charge on any atom is 0.416 e. The van der Waals surface area contributed by atoms with Crippen molar-refractivity contribution in [3.63, 3.8) is 0 Å². The van der Waals surface area contributed by atoms with Gasteiger partial charge in [-0.3, -0.25) is 9.69 Å². The van der Waals surface area contributed by atoms with Gasteiger partial charge < -0.3 is 5.32 Å². The zero-order chi connectivity index (χ0) is 18.6. The molecule has 0 heterocycles. The minimum absolute atomic E-state index is 0.292. The van der Waals surface area contributed by atoms with Crippen LogP contribution < -0.4 is 5.32 Å². The molecule has 0 fully saturated rings. The molecule has 1 atom stereocenters. The van der Waals surface area contributed by atoms with Gasteiger partial charge in [0.25, 0.3) is 0 Å². The van der Waals surface area contributed by atoms with Crippen molar-refractivity contribution >= 4 is 11.6 Å². The number of nitrogens with one attached hydrogen (secondary N) is 1. The molecule has 2 aromatic carbocycles. The highest BCUT2D eigenvalue weighted by Crippen LogP contribution is 2.29. The van der Waals surface area contributed by atoms with E-state index in [1.54, 1.807) is 31.0 Å². The van der Waals surface area contributed by atoms with E-state index in [2.05, 4.69) is 5.32 Å². The first-order valence-electron chi connectivity index (χ1n) is 7.59. The number of alkyl halides is 3. The average Bonchev–Trinajstić information content (AvgIpc) is 2.55. The Labute approximate surface area is 143 Å². The van der Waals surface area contributed by atoms with Crippen LogP contribution >= 0.6 is 0 Å². The standard InChI is InChI=1S/C18H18F4N2O/c1-12(24(2)11-13-3-7-15(19)8-4-13)17(25)23-16-9-5-14(6-10-16)18(20,21)22/h3-10,12H,11H2,1-2H3,(H,23,25)/t12-/m1/s1. The lowest BCUT2D eigenvalue weighted by Crippen LogP contribution is -2.39. The molecular weight excluding hydrogens is 336 g/mol. The number of hydrogen-bond acceptors (Lipinski definition) is 2. The van der Waals surface area contributed by atoms with Gasteiger partial charge in [-0.05, 0) is 55.9 Å². The number of benzene rings is 2. The van der Waals surface area contributed by atoms with E-state index in [9.17, 15) is 22.4 Å². The van der Waals surface area contributed by atoms with E-state index in [1.807, 2.05) is 0 Å². The fourth-order valence-electron chi connectivity index (χ4n) is 2.20. The summed E-state index contributed by atoms with van der Waals surface area (Å²) in [7, 11) is 1.74. The molecule has 2 aromatic rings. The van der Waals surface area contributed by atoms with Crippen molar-refractivity contribution < 1.29 is 22.4 Å². The fraction of sp³-hybridized carbons (Fsp3) is 0.278. The van der Waals surface area contributed by atoms with Gasteiger partial charge in [-0.2, -0.15) is 13.2 Å². The van der Waals surface area contributed by atoms with E-state index >= 15 is 0 Å². The summed E-state index contributed by atoms with van der Waals surface area (Å²) in [4.78, 5) is 14.0. The first-order valence-corrected chi connectivity index (χ1v) is 7.59. The topological polar surface area (TPSA) is 32.3 Å². The van der Waals surface area contributed by atoms with Crippen molar-refractivity contribution in [2.75, 3.05) is 12.4 Å². The summed E-state index contributed by atoms with van der Waals surface area (Å²) in [6.45, 7) is 2.12. The van der Waals surface area contributed by atoms with Crippen LogP contribution in [-0.4, -0.2) is 23.9 Å². The normalized spacial score (nSPS) is 12.9. The van der Waals surface area contributed by atoms with E-state index < -0.39 is 17.8 Å². The Bertz CT molecular complexity index is 711. The SMILES string of the molecule is C[C@H](C(=O)Nc1ccc(C(F)(F)F)cc1)N(C)Cc1ccc(F)cc1. The molecule has 25 heavy (non-hydrogen) atoms. The van der Waals surface area contributed by atoms with Gasteiger partial charge in [-0.25, -0.2) is 4.39 Å². The molecule has 0 aliphatic carbocycles. The van der Waals surface area contributed by atoms with Gasteiger partial charge in [0.15, 0.2) is 0 Å². The molecule has 134 valence electrons. The van der Waals surface area contributed by atoms with Gasteiger partial charge >= 0.3 is 6.18 Å². The van der Waals surface area contributed by atoms with Crippen LogP contribution in [0.4, 0.5) is 23.2 Å². The summed E-state index contributed by atoms with van der Waals surface area (Å²) in [5, 5.41) is 2.59. The van der Waals surface area contributed by atoms with E-state index in [0.29, 0.717) is 12.2 Å². The molecule has 0 aliphatic heterocycles. The number of amides is 1. The second-order valence-electron chi connectivity index (χ2n) is 5.78. The maximum atomic E-state index is 12.9. The molecule has 7 heteroatoms. The van der Waals surface area contributed by atoms with Crippen molar-refractivity contribution in [3.8, 4) is 0 Å². The van der Waals surface area contributed by atoms with Crippen LogP contribution in [0.2, 0.25) is 0 Å². The highest BCUT2D eigenvalue weighted by Gasteiger charge is 2.30. The fourth-order valence-corrected chi connectivity index (χ4v) is 2.20. The van der Waals surface area contributed by atoms with Gasteiger partial charge in [-0.1, -0.05) is 12.1 Å². The number of likely N-dealkylation sites (N-methyl/N-ethyl adjacent to an activating group) is 1. The third-order valence-electron chi connectivity index (χ3n) is 3.87. The van der Waals surface area contributed by atoms with E-state index in [-0.39, 0.29) is 11.7 Å². The first-order chi connectivity index (χ1) is 11.7. The number of anilines is 1. The highest BCUT2D eigenvalue weighted by atomic mass is 19.4. The Morgan fingerprint density at radius 1 is 1.08 bits per heavy atom. The molecule has 0 saturated heterocycles. The minimum atomic E-state index is -4.41. The number of nitrogens with zero attached hydrogens (tertiary/aromatic N) is 1. The summed E-state index contributed by atoms with van der Waals surface area (Å²) in [6.07, 6.45) is -4.41. The molecule has 1 amide bonds. The summed E-state index contributed by atoms with van der Waals surface area (Å²) < 4.78 is 50.5. The zero-order valence-electron chi connectivity index (χ0n) is 13.8. The summed E-state index contributed by atoms with van der Waals surface area (Å²) in [6, 6.07) is 9.70. The lowest BCUT2D eigenvalue weighted by Gasteiger charge is -2.24. The van der Waals surface area contributed by atoms with Crippen LogP contribution in [0.1, 0.15) is 18.1 Å². The molecule has 0 unspecified atom stereocenters. The number of carbonyl (C=O) groups is 1. The van der Waals surface area contributed by atoms with Gasteiger partial charge in [0.1, 0.15) is 5.82 Å². The molecule has 0 saturated carbocycles. The zero-order valence-corrected chi connectivity index (χ0v) is 13.8. The highest BCUT2D eigenvalue weighted by molar-refractivity contribution is 5.94. The Morgan fingerprint density at radius 2 is 1.64 bits per heavy atom. The molecule has 2 rings (SSSR count). The number of halogens is 4. The molecule has 0 spiro atoms. The third-order valence-corrected chi connectivity index (χ3v) is 3.87. The number of carbonyl (C=O) groups excluding carboxylic acids is 1. The Balaban J connectivity index is 1.96. The predicted molar refractivity (Wildman–Crippen MR) is 87.4 cm³/mol. The van der Waals surface area contributed by atoms with Crippen molar-refractivity contribution in [3.05, 3.63) is 65.5 Å². The van der Waals surface area contributed by atoms with E-state index in [1.165, 1.54) is 24.3 Å². The molecule has 3 nitrogen and oxygen atoms in total. The Hall–Kier alpha value is -2.41. The summed E-state index contributed by atoms with van der Waals surface area (Å²) >= 11 is 0. The lowest BCUT2D eigenvalue weighted by molar-refractivity contribution is -0.137. The van der Waals surface area contributed by atoms with Crippen LogP contribution in [0.3, 0.4) is 0 Å². The summed E-state index contributed by atoms with van der Waals surface area (Å²) in [5.74, 6) is -0.677. The van der Waals surface area contributed by atoms with Crippen LogP contribution in [-0.2, 0) is 17.5 Å². The van der Waals surface area contributed by atoms with Gasteiger partial charge in [0.05, 0.1) is 11.6 Å². The van der Waals surface area contributed by atoms with Gasteiger partial charge in [-0.15, -0.1) is 0 Å². The van der Waals surface area contributed by atoms with E-state index in [4.69, 9.17) is 0 Å². The van der Waals surface area contributed by atoms with Crippen molar-refractivity contribution in [2.24, 2.45) is 0 Å². The van der Waals surface area contributed by atoms with Crippen molar-refractivity contribution in [1.82, 2.24) is 4.90 Å². The molecule has 0 bridgehead atoms. The van der Waals surface area contributed by atoms with Crippen LogP contribution in [0.15, 0.2) is 48.5 Å². The maximum absolute atomic E-state index is 12.9.